The van der Waals surface area contributed by atoms with E-state index in [1.54, 1.807) is 12.3 Å². The van der Waals surface area contributed by atoms with Gasteiger partial charge in [0.15, 0.2) is 0 Å². The van der Waals surface area contributed by atoms with E-state index in [1.165, 1.54) is 5.56 Å². The van der Waals surface area contributed by atoms with Gasteiger partial charge < -0.3 is 9.88 Å². The Morgan fingerprint density at radius 1 is 1.12 bits per heavy atom. The van der Waals surface area contributed by atoms with Crippen molar-refractivity contribution in [3.05, 3.63) is 81.6 Å². The summed E-state index contributed by atoms with van der Waals surface area (Å²) in [7, 11) is 0. The molecule has 1 aromatic heterocycles. The van der Waals surface area contributed by atoms with Gasteiger partial charge in [-0.25, -0.2) is 0 Å². The van der Waals surface area contributed by atoms with E-state index in [4.69, 9.17) is 0 Å². The molecule has 0 aliphatic carbocycles. The van der Waals surface area contributed by atoms with Gasteiger partial charge >= 0.3 is 0 Å². The standard InChI is InChI=1S/C20H18N2O2/c1-13(14-6-3-2-4-7-14)21-20(24)17-12-22-11-10-15-8-5-9-16(18(15)22)19(17)23/h2-9,12-13H,10-11H2,1H3,(H,21,24)/t13-/m1/s1. The highest BCUT2D eigenvalue weighted by atomic mass is 16.2. The van der Waals surface area contributed by atoms with Crippen LogP contribution < -0.4 is 10.7 Å². The molecule has 24 heavy (non-hydrogen) atoms. The molecule has 1 N–H and O–H groups in total. The van der Waals surface area contributed by atoms with Crippen molar-refractivity contribution in [2.24, 2.45) is 0 Å². The monoisotopic (exact) mass is 318 g/mol. The number of rotatable bonds is 3. The molecular weight excluding hydrogens is 300 g/mol. The third-order valence-corrected chi connectivity index (χ3v) is 4.69. The Balaban J connectivity index is 1.72. The molecule has 0 saturated heterocycles. The minimum atomic E-state index is -0.320. The number of benzene rings is 2. The molecule has 1 aliphatic rings. The van der Waals surface area contributed by atoms with Crippen molar-refractivity contribution in [2.75, 3.05) is 0 Å². The smallest absolute Gasteiger partial charge is 0.257 e. The van der Waals surface area contributed by atoms with Crippen LogP contribution in [0.2, 0.25) is 0 Å². The quantitative estimate of drug-likeness (QED) is 0.807. The lowest BCUT2D eigenvalue weighted by molar-refractivity contribution is 0.0938. The number of carbonyl (C=O) groups excluding carboxylic acids is 1. The number of hydrogen-bond acceptors (Lipinski definition) is 2. The van der Waals surface area contributed by atoms with E-state index in [-0.39, 0.29) is 22.9 Å². The molecule has 0 fully saturated rings. The molecule has 4 rings (SSSR count). The number of nitrogens with zero attached hydrogens (tertiary/aromatic N) is 1. The zero-order valence-corrected chi connectivity index (χ0v) is 13.5. The second-order valence-corrected chi connectivity index (χ2v) is 6.23. The van der Waals surface area contributed by atoms with E-state index in [9.17, 15) is 9.59 Å². The van der Waals surface area contributed by atoms with Crippen molar-refractivity contribution >= 4 is 16.8 Å². The molecular formula is C20H18N2O2. The first-order valence-corrected chi connectivity index (χ1v) is 8.16. The van der Waals surface area contributed by atoms with Crippen LogP contribution in [0.4, 0.5) is 0 Å². The van der Waals surface area contributed by atoms with Crippen LogP contribution >= 0.6 is 0 Å². The Morgan fingerprint density at radius 2 is 1.92 bits per heavy atom. The lowest BCUT2D eigenvalue weighted by Crippen LogP contribution is -2.31. The largest absolute Gasteiger partial charge is 0.346 e. The van der Waals surface area contributed by atoms with Gasteiger partial charge in [0.05, 0.1) is 11.6 Å². The number of nitrogens with one attached hydrogen (secondary N) is 1. The van der Waals surface area contributed by atoms with Gasteiger partial charge in [0.2, 0.25) is 5.43 Å². The molecule has 0 unspecified atom stereocenters. The van der Waals surface area contributed by atoms with Crippen molar-refractivity contribution in [3.8, 4) is 0 Å². The Labute approximate surface area is 139 Å². The summed E-state index contributed by atoms with van der Waals surface area (Å²) in [6.07, 6.45) is 2.61. The number of para-hydroxylation sites is 1. The fourth-order valence-corrected chi connectivity index (χ4v) is 3.42. The van der Waals surface area contributed by atoms with Crippen LogP contribution in [-0.4, -0.2) is 10.5 Å². The van der Waals surface area contributed by atoms with E-state index >= 15 is 0 Å². The minimum Gasteiger partial charge on any atom is -0.346 e. The van der Waals surface area contributed by atoms with Gasteiger partial charge in [-0.15, -0.1) is 0 Å². The predicted octanol–water partition coefficient (Wildman–Crippen LogP) is 3.05. The molecule has 0 radical (unpaired) electrons. The van der Waals surface area contributed by atoms with Crippen LogP contribution in [0.5, 0.6) is 0 Å². The lowest BCUT2D eigenvalue weighted by atomic mass is 10.1. The average Bonchev–Trinajstić information content (AvgIpc) is 3.03. The summed E-state index contributed by atoms with van der Waals surface area (Å²) in [6.45, 7) is 2.73. The normalized spacial score (nSPS) is 13.9. The Hall–Kier alpha value is -2.88. The van der Waals surface area contributed by atoms with Crippen LogP contribution in [0, 0.1) is 0 Å². The van der Waals surface area contributed by atoms with Gasteiger partial charge in [-0.05, 0) is 30.5 Å². The van der Waals surface area contributed by atoms with Crippen molar-refractivity contribution < 1.29 is 4.79 Å². The second kappa shape index (κ2) is 5.64. The van der Waals surface area contributed by atoms with E-state index in [0.29, 0.717) is 5.39 Å². The maximum Gasteiger partial charge on any atom is 0.257 e. The van der Waals surface area contributed by atoms with Crippen LogP contribution in [0.15, 0.2) is 59.5 Å². The Morgan fingerprint density at radius 3 is 2.71 bits per heavy atom. The van der Waals surface area contributed by atoms with Crippen molar-refractivity contribution in [2.45, 2.75) is 25.9 Å². The highest BCUT2D eigenvalue weighted by molar-refractivity contribution is 5.98. The lowest BCUT2D eigenvalue weighted by Gasteiger charge is -2.15. The molecule has 1 amide bonds. The molecule has 0 spiro atoms. The number of hydrogen-bond donors (Lipinski definition) is 1. The van der Waals surface area contributed by atoms with E-state index < -0.39 is 0 Å². The average molecular weight is 318 g/mol. The molecule has 2 heterocycles. The topological polar surface area (TPSA) is 51.1 Å². The summed E-state index contributed by atoms with van der Waals surface area (Å²) in [4.78, 5) is 25.4. The number of aromatic nitrogens is 1. The van der Waals surface area contributed by atoms with Gasteiger partial charge in [-0.1, -0.05) is 42.5 Å². The summed E-state index contributed by atoms with van der Waals surface area (Å²) >= 11 is 0. The van der Waals surface area contributed by atoms with Gasteiger partial charge in [0.25, 0.3) is 5.91 Å². The number of aryl methyl sites for hydroxylation is 2. The van der Waals surface area contributed by atoms with E-state index in [0.717, 1.165) is 24.0 Å². The van der Waals surface area contributed by atoms with Gasteiger partial charge in [0, 0.05) is 18.1 Å². The van der Waals surface area contributed by atoms with Crippen molar-refractivity contribution in [3.63, 3.8) is 0 Å². The van der Waals surface area contributed by atoms with E-state index in [2.05, 4.69) is 5.32 Å². The van der Waals surface area contributed by atoms with Gasteiger partial charge in [-0.3, -0.25) is 9.59 Å². The fraction of sp³-hybridized carbons (Fsp3) is 0.200. The summed E-state index contributed by atoms with van der Waals surface area (Å²) in [5.74, 6) is -0.320. The first kappa shape index (κ1) is 14.7. The first-order valence-electron chi connectivity index (χ1n) is 8.16. The highest BCUT2D eigenvalue weighted by Crippen LogP contribution is 2.24. The second-order valence-electron chi connectivity index (χ2n) is 6.23. The summed E-state index contributed by atoms with van der Waals surface area (Å²) < 4.78 is 2.02. The van der Waals surface area contributed by atoms with Crippen molar-refractivity contribution in [1.82, 2.24) is 9.88 Å². The molecule has 2 aromatic carbocycles. The Bertz CT molecular complexity index is 990. The van der Waals surface area contributed by atoms with Gasteiger partial charge in [-0.2, -0.15) is 0 Å². The van der Waals surface area contributed by atoms with Crippen LogP contribution in [0.25, 0.3) is 10.9 Å². The molecule has 120 valence electrons. The number of pyridine rings is 1. The summed E-state index contributed by atoms with van der Waals surface area (Å²) in [5.41, 5.74) is 3.18. The van der Waals surface area contributed by atoms with Crippen LogP contribution in [0.1, 0.15) is 34.5 Å². The molecule has 3 aromatic rings. The SMILES string of the molecule is C[C@@H](NC(=O)c1cn2c3c(cccc3c1=O)CC2)c1ccccc1. The zero-order valence-electron chi connectivity index (χ0n) is 13.5. The number of amides is 1. The summed E-state index contributed by atoms with van der Waals surface area (Å²) in [5, 5.41) is 3.56. The highest BCUT2D eigenvalue weighted by Gasteiger charge is 2.21. The molecule has 1 atom stereocenters. The molecule has 1 aliphatic heterocycles. The van der Waals surface area contributed by atoms with Crippen LogP contribution in [0.3, 0.4) is 0 Å². The van der Waals surface area contributed by atoms with Crippen molar-refractivity contribution in [1.29, 1.82) is 0 Å². The molecule has 4 nitrogen and oxygen atoms in total. The summed E-state index contributed by atoms with van der Waals surface area (Å²) in [6, 6.07) is 15.3. The molecule has 4 heteroatoms. The maximum atomic E-state index is 12.7. The van der Waals surface area contributed by atoms with Crippen LogP contribution in [-0.2, 0) is 13.0 Å². The maximum absolute atomic E-state index is 12.7. The van der Waals surface area contributed by atoms with Gasteiger partial charge in [0.1, 0.15) is 5.56 Å². The molecule has 0 bridgehead atoms. The van der Waals surface area contributed by atoms with E-state index in [1.807, 2.05) is 54.0 Å². The third-order valence-electron chi connectivity index (χ3n) is 4.69. The fourth-order valence-electron chi connectivity index (χ4n) is 3.42. The molecule has 0 saturated carbocycles. The number of carbonyl (C=O) groups is 1. The zero-order chi connectivity index (χ0) is 16.7. The third kappa shape index (κ3) is 2.31. The predicted molar refractivity (Wildman–Crippen MR) is 94.2 cm³/mol. The Kier molecular flexibility index (Phi) is 3.45. The minimum absolute atomic E-state index is 0.154. The first-order chi connectivity index (χ1) is 11.6.